The number of rotatable bonds is 3. The van der Waals surface area contributed by atoms with Crippen LogP contribution in [0.4, 0.5) is 0 Å². The Bertz CT molecular complexity index is 664. The van der Waals surface area contributed by atoms with Crippen LogP contribution in [0.1, 0.15) is 43.6 Å². The van der Waals surface area contributed by atoms with E-state index in [2.05, 4.69) is 21.2 Å². The summed E-state index contributed by atoms with van der Waals surface area (Å²) < 4.78 is 24.2. The molecule has 0 saturated heterocycles. The van der Waals surface area contributed by atoms with Crippen LogP contribution >= 0.6 is 15.9 Å². The zero-order valence-electron chi connectivity index (χ0n) is 12.8. The Balaban J connectivity index is 3.32. The molecule has 1 aromatic rings. The molecule has 0 aromatic heterocycles. The van der Waals surface area contributed by atoms with Crippen molar-refractivity contribution in [2.45, 2.75) is 45.6 Å². The number of carbonyl (C=O) groups excluding carboxylic acids is 1. The first kappa shape index (κ1) is 18.1. The highest BCUT2D eigenvalue weighted by atomic mass is 79.9. The predicted molar refractivity (Wildman–Crippen MR) is 86.6 cm³/mol. The topological polar surface area (TPSA) is 89.3 Å². The molecule has 3 N–H and O–H groups in total. The monoisotopic (exact) mass is 376 g/mol. The SMILES string of the molecule is Cc1c(Br)ccc(C(=O)NC(C)C(C)(C)C)c1S(N)(=O)=O. The molecule has 0 aliphatic heterocycles. The normalized spacial score (nSPS) is 13.9. The fourth-order valence-electron chi connectivity index (χ4n) is 1.70. The number of nitrogens with one attached hydrogen (secondary N) is 1. The number of carbonyl (C=O) groups is 1. The number of amides is 1. The van der Waals surface area contributed by atoms with Gasteiger partial charge in [0.2, 0.25) is 10.0 Å². The molecule has 7 heteroatoms. The van der Waals surface area contributed by atoms with Gasteiger partial charge in [0.25, 0.3) is 5.91 Å². The first-order valence-corrected chi connectivity index (χ1v) is 8.82. The number of halogens is 1. The molecular weight excluding hydrogens is 356 g/mol. The zero-order chi connectivity index (χ0) is 16.6. The Hall–Kier alpha value is -0.920. The highest BCUT2D eigenvalue weighted by Gasteiger charge is 2.27. The molecule has 1 amide bonds. The minimum Gasteiger partial charge on any atom is -0.349 e. The van der Waals surface area contributed by atoms with Crippen LogP contribution in [-0.2, 0) is 10.0 Å². The lowest BCUT2D eigenvalue weighted by Gasteiger charge is -2.28. The molecule has 21 heavy (non-hydrogen) atoms. The molecule has 1 atom stereocenters. The van der Waals surface area contributed by atoms with E-state index in [1.165, 1.54) is 6.07 Å². The fourth-order valence-corrected chi connectivity index (χ4v) is 3.17. The Morgan fingerprint density at radius 2 is 1.86 bits per heavy atom. The second-order valence-corrected chi connectivity index (χ2v) is 8.51. The third-order valence-electron chi connectivity index (χ3n) is 3.52. The third-order valence-corrected chi connectivity index (χ3v) is 5.47. The van der Waals surface area contributed by atoms with Crippen LogP contribution in [0.25, 0.3) is 0 Å². The van der Waals surface area contributed by atoms with Crippen molar-refractivity contribution >= 4 is 31.9 Å². The van der Waals surface area contributed by atoms with E-state index in [0.29, 0.717) is 10.0 Å². The summed E-state index contributed by atoms with van der Waals surface area (Å²) in [6, 6.07) is 2.98. The summed E-state index contributed by atoms with van der Waals surface area (Å²) in [6.07, 6.45) is 0. The van der Waals surface area contributed by atoms with Gasteiger partial charge in [-0.25, -0.2) is 13.6 Å². The number of hydrogen-bond donors (Lipinski definition) is 2. The summed E-state index contributed by atoms with van der Waals surface area (Å²) in [5, 5.41) is 8.07. The van der Waals surface area contributed by atoms with Crippen molar-refractivity contribution in [2.75, 3.05) is 0 Å². The number of benzene rings is 1. The van der Waals surface area contributed by atoms with Crippen LogP contribution in [0.3, 0.4) is 0 Å². The van der Waals surface area contributed by atoms with Gasteiger partial charge in [0.05, 0.1) is 10.5 Å². The highest BCUT2D eigenvalue weighted by Crippen LogP contribution is 2.27. The molecule has 0 aliphatic carbocycles. The van der Waals surface area contributed by atoms with Gasteiger partial charge in [-0.2, -0.15) is 0 Å². The molecule has 5 nitrogen and oxygen atoms in total. The van der Waals surface area contributed by atoms with Crippen molar-refractivity contribution in [1.29, 1.82) is 0 Å². The number of nitrogens with two attached hydrogens (primary N) is 1. The van der Waals surface area contributed by atoms with Gasteiger partial charge in [0.1, 0.15) is 0 Å². The van der Waals surface area contributed by atoms with Gasteiger partial charge in [-0.05, 0) is 37.0 Å². The van der Waals surface area contributed by atoms with E-state index in [-0.39, 0.29) is 21.9 Å². The van der Waals surface area contributed by atoms with E-state index in [9.17, 15) is 13.2 Å². The van der Waals surface area contributed by atoms with Gasteiger partial charge >= 0.3 is 0 Å². The lowest BCUT2D eigenvalue weighted by molar-refractivity contribution is 0.0906. The Kier molecular flexibility index (Phi) is 5.23. The molecule has 0 fully saturated rings. The maximum Gasteiger partial charge on any atom is 0.252 e. The summed E-state index contributed by atoms with van der Waals surface area (Å²) in [6.45, 7) is 9.45. The molecule has 1 rings (SSSR count). The fraction of sp³-hybridized carbons (Fsp3) is 0.500. The third kappa shape index (κ3) is 4.28. The van der Waals surface area contributed by atoms with Crippen LogP contribution in [0, 0.1) is 12.3 Å². The largest absolute Gasteiger partial charge is 0.349 e. The summed E-state index contributed by atoms with van der Waals surface area (Å²) >= 11 is 3.25. The van der Waals surface area contributed by atoms with Crippen molar-refractivity contribution < 1.29 is 13.2 Å². The highest BCUT2D eigenvalue weighted by molar-refractivity contribution is 9.10. The maximum absolute atomic E-state index is 12.4. The number of hydrogen-bond acceptors (Lipinski definition) is 3. The molecule has 0 saturated carbocycles. The van der Waals surface area contributed by atoms with Gasteiger partial charge in [0.15, 0.2) is 0 Å². The van der Waals surface area contributed by atoms with E-state index in [0.717, 1.165) is 0 Å². The quantitative estimate of drug-likeness (QED) is 0.849. The maximum atomic E-state index is 12.4. The molecule has 0 radical (unpaired) electrons. The van der Waals surface area contributed by atoms with Crippen molar-refractivity contribution in [3.05, 3.63) is 27.7 Å². The number of sulfonamides is 1. The van der Waals surface area contributed by atoms with Gasteiger partial charge in [-0.15, -0.1) is 0 Å². The van der Waals surface area contributed by atoms with E-state index in [4.69, 9.17) is 5.14 Å². The summed E-state index contributed by atoms with van der Waals surface area (Å²) in [7, 11) is -3.99. The lowest BCUT2D eigenvalue weighted by atomic mass is 9.88. The van der Waals surface area contributed by atoms with Crippen molar-refractivity contribution in [3.8, 4) is 0 Å². The number of primary sulfonamides is 1. The van der Waals surface area contributed by atoms with Crippen LogP contribution in [0.5, 0.6) is 0 Å². The molecule has 118 valence electrons. The molecule has 0 bridgehead atoms. The molecule has 1 aromatic carbocycles. The smallest absolute Gasteiger partial charge is 0.252 e. The van der Waals surface area contributed by atoms with Gasteiger partial charge < -0.3 is 5.32 Å². The summed E-state index contributed by atoms with van der Waals surface area (Å²) in [4.78, 5) is 12.2. The Labute approximate surface area is 134 Å². The van der Waals surface area contributed by atoms with E-state index >= 15 is 0 Å². The van der Waals surface area contributed by atoms with Crippen LogP contribution < -0.4 is 10.5 Å². The van der Waals surface area contributed by atoms with Gasteiger partial charge in [0, 0.05) is 10.5 Å². The molecular formula is C14H21BrN2O3S. The first-order chi connectivity index (χ1) is 9.35. The van der Waals surface area contributed by atoms with Gasteiger partial charge in [-0.3, -0.25) is 4.79 Å². The molecule has 0 aliphatic rings. The van der Waals surface area contributed by atoms with Crippen LogP contribution in [0.15, 0.2) is 21.5 Å². The minimum atomic E-state index is -3.99. The molecule has 0 heterocycles. The minimum absolute atomic E-state index is 0.0642. The standard InChI is InChI=1S/C14H21BrN2O3S/c1-8-11(15)7-6-10(12(8)21(16,19)20)13(18)17-9(2)14(3,4)5/h6-7,9H,1-5H3,(H,17,18)(H2,16,19,20). The molecule has 1 unspecified atom stereocenters. The van der Waals surface area contributed by atoms with Gasteiger partial charge in [-0.1, -0.05) is 36.7 Å². The summed E-state index contributed by atoms with van der Waals surface area (Å²) in [5.41, 5.74) is 0.352. The lowest BCUT2D eigenvalue weighted by Crippen LogP contribution is -2.42. The second-order valence-electron chi connectivity index (χ2n) is 6.16. The van der Waals surface area contributed by atoms with Crippen molar-refractivity contribution in [1.82, 2.24) is 5.32 Å². The second kappa shape index (κ2) is 6.06. The van der Waals surface area contributed by atoms with Crippen LogP contribution in [-0.4, -0.2) is 20.4 Å². The summed E-state index contributed by atoms with van der Waals surface area (Å²) in [5.74, 6) is -0.447. The first-order valence-electron chi connectivity index (χ1n) is 6.48. The predicted octanol–water partition coefficient (Wildman–Crippen LogP) is 2.57. The zero-order valence-corrected chi connectivity index (χ0v) is 15.2. The van der Waals surface area contributed by atoms with E-state index in [1.54, 1.807) is 13.0 Å². The van der Waals surface area contributed by atoms with E-state index in [1.807, 2.05) is 27.7 Å². The Morgan fingerprint density at radius 1 is 1.33 bits per heavy atom. The van der Waals surface area contributed by atoms with E-state index < -0.39 is 15.9 Å². The van der Waals surface area contributed by atoms with Crippen molar-refractivity contribution in [3.63, 3.8) is 0 Å². The average Bonchev–Trinajstić information content (AvgIpc) is 2.29. The Morgan fingerprint density at radius 3 is 2.29 bits per heavy atom. The average molecular weight is 377 g/mol. The molecule has 0 spiro atoms. The van der Waals surface area contributed by atoms with Crippen LogP contribution in [0.2, 0.25) is 0 Å². The van der Waals surface area contributed by atoms with Crippen molar-refractivity contribution in [2.24, 2.45) is 10.6 Å².